The van der Waals surface area contributed by atoms with Gasteiger partial charge in [-0.3, -0.25) is 4.90 Å². The van der Waals surface area contributed by atoms with Crippen molar-refractivity contribution in [1.82, 2.24) is 4.90 Å². The van der Waals surface area contributed by atoms with Gasteiger partial charge in [0.25, 0.3) is 0 Å². The fourth-order valence-electron chi connectivity index (χ4n) is 3.36. The third-order valence-corrected chi connectivity index (χ3v) is 5.17. The van der Waals surface area contributed by atoms with Crippen molar-refractivity contribution in [2.24, 2.45) is 0 Å². The maximum atomic E-state index is 10.3. The third kappa shape index (κ3) is 20.8. The molecule has 0 aromatic rings. The first-order valence-electron chi connectivity index (χ1n) is 12.4. The van der Waals surface area contributed by atoms with Crippen LogP contribution in [0.25, 0.3) is 0 Å². The van der Waals surface area contributed by atoms with E-state index in [0.29, 0.717) is 39.5 Å². The van der Waals surface area contributed by atoms with Crippen molar-refractivity contribution < 1.29 is 19.7 Å². The highest BCUT2D eigenvalue weighted by atomic mass is 16.5. The van der Waals surface area contributed by atoms with Crippen LogP contribution in [0.4, 0.5) is 0 Å². The van der Waals surface area contributed by atoms with Crippen molar-refractivity contribution in [3.8, 4) is 0 Å². The van der Waals surface area contributed by atoms with Crippen molar-refractivity contribution in [3.05, 3.63) is 0 Å². The Morgan fingerprint density at radius 1 is 0.586 bits per heavy atom. The Hall–Kier alpha value is -0.200. The molecule has 0 heterocycles. The molecule has 0 radical (unpaired) electrons. The molecule has 2 atom stereocenters. The van der Waals surface area contributed by atoms with Crippen molar-refractivity contribution in [2.75, 3.05) is 46.1 Å². The van der Waals surface area contributed by atoms with Gasteiger partial charge in [-0.15, -0.1) is 0 Å². The number of ether oxygens (including phenoxy) is 2. The SMILES string of the molecule is CCCCCCCCCCN(CC(O)COCCCC)CC(O)COCCCC. The van der Waals surface area contributed by atoms with E-state index >= 15 is 0 Å². The van der Waals surface area contributed by atoms with Crippen LogP contribution in [-0.4, -0.2) is 73.4 Å². The van der Waals surface area contributed by atoms with Crippen LogP contribution in [0.15, 0.2) is 0 Å². The molecule has 0 rings (SSSR count). The van der Waals surface area contributed by atoms with Crippen molar-refractivity contribution in [2.45, 2.75) is 110 Å². The molecule has 0 aromatic carbocycles. The summed E-state index contributed by atoms with van der Waals surface area (Å²) in [6.45, 7) is 10.7. The molecular formula is C24H51NO4. The molecule has 176 valence electrons. The fourth-order valence-corrected chi connectivity index (χ4v) is 3.36. The van der Waals surface area contributed by atoms with Crippen molar-refractivity contribution in [3.63, 3.8) is 0 Å². The van der Waals surface area contributed by atoms with Crippen LogP contribution in [-0.2, 0) is 9.47 Å². The quantitative estimate of drug-likeness (QED) is 0.234. The Morgan fingerprint density at radius 2 is 1.00 bits per heavy atom. The van der Waals surface area contributed by atoms with Gasteiger partial charge in [0.05, 0.1) is 25.4 Å². The van der Waals surface area contributed by atoms with Crippen molar-refractivity contribution in [1.29, 1.82) is 0 Å². The summed E-state index contributed by atoms with van der Waals surface area (Å²) in [5.74, 6) is 0. The van der Waals surface area contributed by atoms with E-state index in [1.165, 1.54) is 44.9 Å². The molecule has 0 aliphatic rings. The number of nitrogens with zero attached hydrogens (tertiary/aromatic N) is 1. The molecule has 2 unspecified atom stereocenters. The zero-order chi connectivity index (χ0) is 21.6. The van der Waals surface area contributed by atoms with Gasteiger partial charge in [0.1, 0.15) is 0 Å². The second kappa shape index (κ2) is 22.5. The molecule has 0 bridgehead atoms. The normalized spacial score (nSPS) is 13.9. The molecule has 0 saturated heterocycles. The zero-order valence-electron chi connectivity index (χ0n) is 19.7. The second-order valence-electron chi connectivity index (χ2n) is 8.40. The van der Waals surface area contributed by atoms with Crippen LogP contribution in [0.5, 0.6) is 0 Å². The highest BCUT2D eigenvalue weighted by molar-refractivity contribution is 4.69. The second-order valence-corrected chi connectivity index (χ2v) is 8.40. The zero-order valence-corrected chi connectivity index (χ0v) is 19.7. The smallest absolute Gasteiger partial charge is 0.0900 e. The molecule has 0 aliphatic carbocycles. The Kier molecular flexibility index (Phi) is 22.3. The van der Waals surface area contributed by atoms with Gasteiger partial charge in [-0.05, 0) is 25.8 Å². The molecule has 0 amide bonds. The lowest BCUT2D eigenvalue weighted by atomic mass is 10.1. The largest absolute Gasteiger partial charge is 0.389 e. The number of aliphatic hydroxyl groups excluding tert-OH is 2. The Morgan fingerprint density at radius 3 is 1.45 bits per heavy atom. The van der Waals surface area contributed by atoms with Crippen LogP contribution in [0, 0.1) is 0 Å². The fraction of sp³-hybridized carbons (Fsp3) is 1.00. The Bertz CT molecular complexity index is 297. The van der Waals surface area contributed by atoms with Crippen molar-refractivity contribution >= 4 is 0 Å². The predicted molar refractivity (Wildman–Crippen MR) is 123 cm³/mol. The van der Waals surface area contributed by atoms with Gasteiger partial charge in [0, 0.05) is 26.3 Å². The minimum Gasteiger partial charge on any atom is -0.389 e. The summed E-state index contributed by atoms with van der Waals surface area (Å²) < 4.78 is 11.1. The molecule has 2 N–H and O–H groups in total. The Balaban J connectivity index is 4.15. The molecule has 5 nitrogen and oxygen atoms in total. The van der Waals surface area contributed by atoms with Crippen LogP contribution in [0.3, 0.4) is 0 Å². The number of hydrogen-bond acceptors (Lipinski definition) is 5. The van der Waals surface area contributed by atoms with Crippen LogP contribution >= 0.6 is 0 Å². The van der Waals surface area contributed by atoms with Gasteiger partial charge in [0.15, 0.2) is 0 Å². The standard InChI is InChI=1S/C24H51NO4/c1-4-7-10-11-12-13-14-15-16-25(19-23(26)21-28-17-8-5-2)20-24(27)22-29-18-9-6-3/h23-24,26-27H,4-22H2,1-3H3. The molecule has 0 fully saturated rings. The van der Waals surface area contributed by atoms with Crippen LogP contribution < -0.4 is 0 Å². The summed E-state index contributed by atoms with van der Waals surface area (Å²) in [7, 11) is 0. The predicted octanol–water partition coefficient (Wildman–Crippen LogP) is 4.78. The summed E-state index contributed by atoms with van der Waals surface area (Å²) in [5, 5.41) is 20.6. The van der Waals surface area contributed by atoms with Gasteiger partial charge in [-0.1, -0.05) is 78.6 Å². The average molecular weight is 418 g/mol. The van der Waals surface area contributed by atoms with E-state index in [1.54, 1.807) is 0 Å². The molecule has 0 saturated carbocycles. The molecular weight excluding hydrogens is 366 g/mol. The van der Waals surface area contributed by atoms with Crippen LogP contribution in [0.2, 0.25) is 0 Å². The molecule has 29 heavy (non-hydrogen) atoms. The number of unbranched alkanes of at least 4 members (excludes halogenated alkanes) is 9. The van der Waals surface area contributed by atoms with E-state index in [1.807, 2.05) is 0 Å². The molecule has 5 heteroatoms. The number of hydrogen-bond donors (Lipinski definition) is 2. The van der Waals surface area contributed by atoms with Crippen LogP contribution in [0.1, 0.15) is 97.8 Å². The van der Waals surface area contributed by atoms with Gasteiger partial charge in [0.2, 0.25) is 0 Å². The first-order valence-corrected chi connectivity index (χ1v) is 12.4. The maximum absolute atomic E-state index is 10.3. The van der Waals surface area contributed by atoms with Gasteiger partial charge < -0.3 is 19.7 Å². The summed E-state index contributed by atoms with van der Waals surface area (Å²) >= 11 is 0. The Labute approximate surface area is 181 Å². The van der Waals surface area contributed by atoms with E-state index in [-0.39, 0.29) is 0 Å². The average Bonchev–Trinajstić information content (AvgIpc) is 2.70. The lowest BCUT2D eigenvalue weighted by Gasteiger charge is -2.27. The van der Waals surface area contributed by atoms with E-state index < -0.39 is 12.2 Å². The van der Waals surface area contributed by atoms with E-state index in [0.717, 1.165) is 38.6 Å². The lowest BCUT2D eigenvalue weighted by Crippen LogP contribution is -2.41. The molecule has 0 aliphatic heterocycles. The molecule has 0 aromatic heterocycles. The summed E-state index contributed by atoms with van der Waals surface area (Å²) in [6.07, 6.45) is 13.5. The van der Waals surface area contributed by atoms with E-state index in [2.05, 4.69) is 25.7 Å². The molecule has 0 spiro atoms. The number of aliphatic hydroxyl groups is 2. The van der Waals surface area contributed by atoms with E-state index in [9.17, 15) is 10.2 Å². The summed E-state index contributed by atoms with van der Waals surface area (Å²) in [6, 6.07) is 0. The minimum atomic E-state index is -0.505. The third-order valence-electron chi connectivity index (χ3n) is 5.17. The summed E-state index contributed by atoms with van der Waals surface area (Å²) in [5.41, 5.74) is 0. The maximum Gasteiger partial charge on any atom is 0.0900 e. The van der Waals surface area contributed by atoms with Gasteiger partial charge >= 0.3 is 0 Å². The van der Waals surface area contributed by atoms with Gasteiger partial charge in [-0.25, -0.2) is 0 Å². The highest BCUT2D eigenvalue weighted by Gasteiger charge is 2.16. The first kappa shape index (κ1) is 28.8. The summed E-state index contributed by atoms with van der Waals surface area (Å²) in [4.78, 5) is 2.18. The monoisotopic (exact) mass is 417 g/mol. The topological polar surface area (TPSA) is 62.2 Å². The highest BCUT2D eigenvalue weighted by Crippen LogP contribution is 2.09. The lowest BCUT2D eigenvalue weighted by molar-refractivity contribution is -0.0110. The van der Waals surface area contributed by atoms with E-state index in [4.69, 9.17) is 9.47 Å². The number of rotatable bonds is 23. The minimum absolute atomic E-state index is 0.372. The first-order chi connectivity index (χ1) is 14.1. The van der Waals surface area contributed by atoms with Gasteiger partial charge in [-0.2, -0.15) is 0 Å².